The molecule has 0 fully saturated rings. The van der Waals surface area contributed by atoms with Gasteiger partial charge in [0.2, 0.25) is 11.6 Å². The number of aromatic nitrogens is 4. The van der Waals surface area contributed by atoms with Gasteiger partial charge in [0.15, 0.2) is 0 Å². The Kier molecular flexibility index (Phi) is 3.84. The van der Waals surface area contributed by atoms with Crippen LogP contribution in [-0.4, -0.2) is 20.4 Å². The zero-order valence-electron chi connectivity index (χ0n) is 10.2. The van der Waals surface area contributed by atoms with Crippen molar-refractivity contribution in [3.05, 3.63) is 57.5 Å². The van der Waals surface area contributed by atoms with Crippen molar-refractivity contribution in [3.63, 3.8) is 0 Å². The normalized spacial score (nSPS) is 10.5. The highest BCUT2D eigenvalue weighted by Crippen LogP contribution is 2.32. The first kappa shape index (κ1) is 13.3. The van der Waals surface area contributed by atoms with E-state index in [0.717, 1.165) is 20.1 Å². The lowest BCUT2D eigenvalue weighted by molar-refractivity contribution is 0.875. The Balaban J connectivity index is 2.02. The van der Waals surface area contributed by atoms with Crippen LogP contribution in [0.1, 0.15) is 0 Å². The van der Waals surface area contributed by atoms with Gasteiger partial charge in [-0.1, -0.05) is 36.4 Å². The number of nitrogens with zero attached hydrogens (tertiary/aromatic N) is 4. The molecule has 0 saturated carbocycles. The third-order valence-electron chi connectivity index (χ3n) is 2.70. The molecule has 0 unspecified atom stereocenters. The molecule has 1 heterocycles. The molecule has 0 atom stereocenters. The first-order valence-electron chi connectivity index (χ1n) is 5.83. The summed E-state index contributed by atoms with van der Waals surface area (Å²) in [5, 5.41) is 16.6. The fraction of sp³-hybridized carbons (Fsp3) is 0. The van der Waals surface area contributed by atoms with Gasteiger partial charge in [-0.3, -0.25) is 0 Å². The van der Waals surface area contributed by atoms with Crippen molar-refractivity contribution in [2.24, 2.45) is 0 Å². The van der Waals surface area contributed by atoms with Crippen LogP contribution in [0.25, 0.3) is 22.8 Å². The van der Waals surface area contributed by atoms with Crippen LogP contribution in [0.3, 0.4) is 0 Å². The molecule has 4 nitrogen and oxygen atoms in total. The van der Waals surface area contributed by atoms with Crippen molar-refractivity contribution in [1.29, 1.82) is 0 Å². The predicted molar refractivity (Wildman–Crippen MR) is 83.9 cm³/mol. The van der Waals surface area contributed by atoms with Gasteiger partial charge >= 0.3 is 0 Å². The van der Waals surface area contributed by atoms with Crippen LogP contribution in [0.4, 0.5) is 0 Å². The first-order valence-corrected chi connectivity index (χ1v) is 7.41. The maximum absolute atomic E-state index is 4.16. The Labute approximate surface area is 132 Å². The maximum Gasteiger partial charge on any atom is 0.205 e. The van der Waals surface area contributed by atoms with Crippen LogP contribution in [0.2, 0.25) is 0 Å². The highest BCUT2D eigenvalue weighted by molar-refractivity contribution is 9.11. The summed E-state index contributed by atoms with van der Waals surface area (Å²) in [4.78, 5) is 0. The lowest BCUT2D eigenvalue weighted by atomic mass is 10.2. The van der Waals surface area contributed by atoms with Crippen molar-refractivity contribution >= 4 is 31.9 Å². The fourth-order valence-corrected chi connectivity index (χ4v) is 3.10. The summed E-state index contributed by atoms with van der Waals surface area (Å²) in [6.45, 7) is 0. The molecular weight excluding hydrogens is 384 g/mol. The van der Waals surface area contributed by atoms with Crippen LogP contribution in [0, 0.1) is 0 Å². The minimum absolute atomic E-state index is 0.476. The van der Waals surface area contributed by atoms with E-state index in [-0.39, 0.29) is 0 Å². The van der Waals surface area contributed by atoms with E-state index in [2.05, 4.69) is 52.3 Å². The van der Waals surface area contributed by atoms with E-state index in [9.17, 15) is 0 Å². The molecule has 0 aliphatic carbocycles. The third kappa shape index (κ3) is 2.62. The van der Waals surface area contributed by atoms with Crippen molar-refractivity contribution in [2.45, 2.75) is 0 Å². The van der Waals surface area contributed by atoms with Gasteiger partial charge in [-0.05, 0) is 44.0 Å². The molecule has 0 bridgehead atoms. The zero-order valence-corrected chi connectivity index (χ0v) is 13.3. The monoisotopic (exact) mass is 390 g/mol. The van der Waals surface area contributed by atoms with Crippen molar-refractivity contribution in [2.75, 3.05) is 0 Å². The SMILES string of the molecule is Brc1cccc(Br)c1-c1nnc(-c2ccccc2)nn1. The Morgan fingerprint density at radius 3 is 1.75 bits per heavy atom. The first-order chi connectivity index (χ1) is 9.75. The van der Waals surface area contributed by atoms with Crippen molar-refractivity contribution < 1.29 is 0 Å². The van der Waals surface area contributed by atoms with E-state index >= 15 is 0 Å². The Hall–Kier alpha value is -1.66. The summed E-state index contributed by atoms with van der Waals surface area (Å²) in [5.74, 6) is 0.988. The molecule has 98 valence electrons. The van der Waals surface area contributed by atoms with Gasteiger partial charge in [-0.2, -0.15) is 0 Å². The van der Waals surface area contributed by atoms with Crippen LogP contribution < -0.4 is 0 Å². The number of benzene rings is 2. The highest BCUT2D eigenvalue weighted by atomic mass is 79.9. The third-order valence-corrected chi connectivity index (χ3v) is 4.02. The maximum atomic E-state index is 4.16. The quantitative estimate of drug-likeness (QED) is 0.659. The Bertz CT molecular complexity index is 710. The number of halogens is 2. The van der Waals surface area contributed by atoms with E-state index in [1.54, 1.807) is 0 Å². The number of rotatable bonds is 2. The second kappa shape index (κ2) is 5.76. The lowest BCUT2D eigenvalue weighted by Gasteiger charge is -2.05. The zero-order chi connectivity index (χ0) is 13.9. The van der Waals surface area contributed by atoms with Crippen LogP contribution in [-0.2, 0) is 0 Å². The second-order valence-corrected chi connectivity index (χ2v) is 5.72. The molecular formula is C14H8Br2N4. The summed E-state index contributed by atoms with van der Waals surface area (Å²) in [6.07, 6.45) is 0. The average molecular weight is 392 g/mol. The molecule has 0 radical (unpaired) electrons. The molecule has 0 amide bonds. The summed E-state index contributed by atoms with van der Waals surface area (Å²) in [6, 6.07) is 15.4. The average Bonchev–Trinajstić information content (AvgIpc) is 2.49. The molecule has 0 aliphatic heterocycles. The summed E-state index contributed by atoms with van der Waals surface area (Å²) < 4.78 is 1.78. The van der Waals surface area contributed by atoms with Crippen molar-refractivity contribution in [3.8, 4) is 22.8 Å². The molecule has 0 spiro atoms. The lowest BCUT2D eigenvalue weighted by Crippen LogP contribution is -2.00. The van der Waals surface area contributed by atoms with Crippen molar-refractivity contribution in [1.82, 2.24) is 20.4 Å². The smallest absolute Gasteiger partial charge is 0.126 e. The number of hydrogen-bond acceptors (Lipinski definition) is 4. The summed E-state index contributed by atoms with van der Waals surface area (Å²) in [5.41, 5.74) is 1.73. The van der Waals surface area contributed by atoms with E-state index < -0.39 is 0 Å². The van der Waals surface area contributed by atoms with E-state index in [1.807, 2.05) is 48.5 Å². The predicted octanol–water partition coefficient (Wildman–Crippen LogP) is 4.13. The van der Waals surface area contributed by atoms with Crippen LogP contribution in [0.5, 0.6) is 0 Å². The van der Waals surface area contributed by atoms with E-state index in [0.29, 0.717) is 11.6 Å². The van der Waals surface area contributed by atoms with Gasteiger partial charge in [0.1, 0.15) is 0 Å². The molecule has 20 heavy (non-hydrogen) atoms. The molecule has 0 saturated heterocycles. The number of hydrogen-bond donors (Lipinski definition) is 0. The highest BCUT2D eigenvalue weighted by Gasteiger charge is 2.12. The van der Waals surface area contributed by atoms with Gasteiger partial charge in [0.05, 0.1) is 5.56 Å². The summed E-state index contributed by atoms with van der Waals surface area (Å²) >= 11 is 6.96. The fourth-order valence-electron chi connectivity index (χ4n) is 1.74. The van der Waals surface area contributed by atoms with Gasteiger partial charge in [0, 0.05) is 14.5 Å². The standard InChI is InChI=1S/C14H8Br2N4/c15-10-7-4-8-11(16)12(10)14-19-17-13(18-20-14)9-5-2-1-3-6-9/h1-8H. The molecule has 3 rings (SSSR count). The molecule has 0 aliphatic rings. The van der Waals surface area contributed by atoms with Gasteiger partial charge in [-0.15, -0.1) is 20.4 Å². The van der Waals surface area contributed by atoms with Crippen LogP contribution >= 0.6 is 31.9 Å². The molecule has 1 aromatic heterocycles. The Morgan fingerprint density at radius 2 is 1.15 bits per heavy atom. The Morgan fingerprint density at radius 1 is 0.600 bits per heavy atom. The second-order valence-electron chi connectivity index (χ2n) is 4.01. The van der Waals surface area contributed by atoms with Gasteiger partial charge in [-0.25, -0.2) is 0 Å². The molecule has 6 heteroatoms. The van der Waals surface area contributed by atoms with Gasteiger partial charge in [0.25, 0.3) is 0 Å². The molecule has 0 N–H and O–H groups in total. The van der Waals surface area contributed by atoms with E-state index in [4.69, 9.17) is 0 Å². The summed E-state index contributed by atoms with van der Waals surface area (Å²) in [7, 11) is 0. The minimum atomic E-state index is 0.476. The minimum Gasteiger partial charge on any atom is -0.126 e. The largest absolute Gasteiger partial charge is 0.205 e. The molecule has 2 aromatic carbocycles. The molecule has 3 aromatic rings. The topological polar surface area (TPSA) is 51.6 Å². The van der Waals surface area contributed by atoms with Gasteiger partial charge < -0.3 is 0 Å². The van der Waals surface area contributed by atoms with E-state index in [1.165, 1.54) is 0 Å². The van der Waals surface area contributed by atoms with Crippen LogP contribution in [0.15, 0.2) is 57.5 Å².